The number of nitrogens with two attached hydrogens (primary N) is 1. The summed E-state index contributed by atoms with van der Waals surface area (Å²) in [6.07, 6.45) is 0.807. The lowest BCUT2D eigenvalue weighted by atomic mass is 10.2. The van der Waals surface area contributed by atoms with E-state index in [2.05, 4.69) is 6.07 Å². The van der Waals surface area contributed by atoms with Crippen molar-refractivity contribution in [2.75, 3.05) is 5.73 Å². The maximum Gasteiger partial charge on any atom is 0.122 e. The van der Waals surface area contributed by atoms with Crippen LogP contribution in [-0.4, -0.2) is 4.57 Å². The van der Waals surface area contributed by atoms with Crippen molar-refractivity contribution in [3.8, 4) is 6.07 Å². The molecule has 2 N–H and O–H groups in total. The van der Waals surface area contributed by atoms with E-state index in [0.717, 1.165) is 17.7 Å². The number of nitrogens with zero attached hydrogens (tertiary/aromatic N) is 2. The summed E-state index contributed by atoms with van der Waals surface area (Å²) in [6.45, 7) is 2.67. The SMILES string of the molecule is CCc1c(N)cc(C#N)n1Cc1ccc(Cl)cc1. The first-order valence-corrected chi connectivity index (χ1v) is 6.16. The third kappa shape index (κ3) is 2.34. The fourth-order valence-electron chi connectivity index (χ4n) is 2.05. The number of hydrogen-bond donors (Lipinski definition) is 1. The van der Waals surface area contributed by atoms with E-state index in [0.29, 0.717) is 22.9 Å². The van der Waals surface area contributed by atoms with E-state index >= 15 is 0 Å². The van der Waals surface area contributed by atoms with Gasteiger partial charge in [0.15, 0.2) is 0 Å². The zero-order valence-electron chi connectivity index (χ0n) is 10.2. The van der Waals surface area contributed by atoms with Crippen LogP contribution in [0.3, 0.4) is 0 Å². The van der Waals surface area contributed by atoms with Crippen molar-refractivity contribution in [3.63, 3.8) is 0 Å². The summed E-state index contributed by atoms with van der Waals surface area (Å²) in [7, 11) is 0. The Balaban J connectivity index is 2.39. The molecule has 0 bridgehead atoms. The molecule has 0 spiro atoms. The molecule has 0 atom stereocenters. The van der Waals surface area contributed by atoms with Gasteiger partial charge in [0, 0.05) is 17.3 Å². The van der Waals surface area contributed by atoms with E-state index in [1.807, 2.05) is 35.8 Å². The molecule has 18 heavy (non-hydrogen) atoms. The molecule has 0 aliphatic rings. The monoisotopic (exact) mass is 259 g/mol. The maximum atomic E-state index is 9.13. The van der Waals surface area contributed by atoms with Crippen LogP contribution in [0.15, 0.2) is 30.3 Å². The van der Waals surface area contributed by atoms with Gasteiger partial charge in [0.05, 0.1) is 5.69 Å². The van der Waals surface area contributed by atoms with Crippen LogP contribution in [0.25, 0.3) is 0 Å². The van der Waals surface area contributed by atoms with Crippen LogP contribution in [0.4, 0.5) is 5.69 Å². The van der Waals surface area contributed by atoms with Gasteiger partial charge < -0.3 is 10.3 Å². The molecule has 0 amide bonds. The lowest BCUT2D eigenvalue weighted by molar-refractivity contribution is 0.742. The highest BCUT2D eigenvalue weighted by atomic mass is 35.5. The molecule has 0 saturated heterocycles. The van der Waals surface area contributed by atoms with E-state index in [1.165, 1.54) is 0 Å². The number of anilines is 1. The van der Waals surface area contributed by atoms with Gasteiger partial charge in [0.25, 0.3) is 0 Å². The van der Waals surface area contributed by atoms with Crippen molar-refractivity contribution in [2.45, 2.75) is 19.9 Å². The van der Waals surface area contributed by atoms with Crippen molar-refractivity contribution in [3.05, 3.63) is 52.3 Å². The van der Waals surface area contributed by atoms with Crippen LogP contribution in [0.1, 0.15) is 23.9 Å². The summed E-state index contributed by atoms with van der Waals surface area (Å²) >= 11 is 5.86. The summed E-state index contributed by atoms with van der Waals surface area (Å²) in [5.41, 5.74) is 9.29. The fraction of sp³-hybridized carbons (Fsp3) is 0.214. The molecule has 0 aliphatic heterocycles. The summed E-state index contributed by atoms with van der Waals surface area (Å²) in [5, 5.41) is 9.84. The van der Waals surface area contributed by atoms with Crippen LogP contribution in [0.2, 0.25) is 5.02 Å². The van der Waals surface area contributed by atoms with Gasteiger partial charge in [-0.25, -0.2) is 0 Å². The molecule has 1 aromatic heterocycles. The standard InChI is InChI=1S/C14H14ClN3/c1-2-14-13(17)7-12(8-16)18(14)9-10-3-5-11(15)6-4-10/h3-7H,2,9,17H2,1H3. The average Bonchev–Trinajstić information content (AvgIpc) is 2.67. The second kappa shape index (κ2) is 5.16. The fourth-order valence-corrected chi connectivity index (χ4v) is 2.18. The summed E-state index contributed by atoms with van der Waals surface area (Å²) in [6, 6.07) is 11.5. The molecule has 2 aromatic rings. The van der Waals surface area contributed by atoms with Gasteiger partial charge in [-0.3, -0.25) is 0 Å². The van der Waals surface area contributed by atoms with E-state index in [-0.39, 0.29) is 0 Å². The van der Waals surface area contributed by atoms with Crippen molar-refractivity contribution in [1.29, 1.82) is 5.26 Å². The minimum absolute atomic E-state index is 0.597. The second-order valence-corrected chi connectivity index (χ2v) is 4.55. The van der Waals surface area contributed by atoms with Gasteiger partial charge in [0.1, 0.15) is 11.8 Å². The predicted molar refractivity (Wildman–Crippen MR) is 73.5 cm³/mol. The highest BCUT2D eigenvalue weighted by molar-refractivity contribution is 6.30. The van der Waals surface area contributed by atoms with Gasteiger partial charge in [-0.2, -0.15) is 5.26 Å². The molecular formula is C14H14ClN3. The first kappa shape index (κ1) is 12.5. The molecule has 3 nitrogen and oxygen atoms in total. The quantitative estimate of drug-likeness (QED) is 0.920. The van der Waals surface area contributed by atoms with Crippen molar-refractivity contribution >= 4 is 17.3 Å². The van der Waals surface area contributed by atoms with Gasteiger partial charge in [-0.05, 0) is 30.2 Å². The Morgan fingerprint density at radius 2 is 2.00 bits per heavy atom. The van der Waals surface area contributed by atoms with Gasteiger partial charge in [-0.1, -0.05) is 30.7 Å². The minimum atomic E-state index is 0.597. The van der Waals surface area contributed by atoms with Crippen LogP contribution in [-0.2, 0) is 13.0 Å². The van der Waals surface area contributed by atoms with Crippen LogP contribution in [0, 0.1) is 11.3 Å². The molecule has 92 valence electrons. The largest absolute Gasteiger partial charge is 0.397 e. The first-order valence-electron chi connectivity index (χ1n) is 5.78. The third-order valence-corrected chi connectivity index (χ3v) is 3.20. The van der Waals surface area contributed by atoms with Crippen LogP contribution in [0.5, 0.6) is 0 Å². The van der Waals surface area contributed by atoms with E-state index in [9.17, 15) is 0 Å². The topological polar surface area (TPSA) is 54.7 Å². The number of hydrogen-bond acceptors (Lipinski definition) is 2. The number of halogens is 1. The molecule has 1 aromatic carbocycles. The zero-order chi connectivity index (χ0) is 13.1. The molecule has 1 heterocycles. The summed E-state index contributed by atoms with van der Waals surface area (Å²) in [5.74, 6) is 0. The number of aromatic nitrogens is 1. The average molecular weight is 260 g/mol. The number of nitriles is 1. The second-order valence-electron chi connectivity index (χ2n) is 4.11. The van der Waals surface area contributed by atoms with Gasteiger partial charge in [0.2, 0.25) is 0 Å². The van der Waals surface area contributed by atoms with Crippen molar-refractivity contribution in [2.24, 2.45) is 0 Å². The Kier molecular flexibility index (Phi) is 3.59. The number of nitrogen functional groups attached to an aromatic ring is 1. The molecule has 0 fully saturated rings. The van der Waals surface area contributed by atoms with E-state index < -0.39 is 0 Å². The lowest BCUT2D eigenvalue weighted by Crippen LogP contribution is -2.07. The molecule has 2 rings (SSSR count). The van der Waals surface area contributed by atoms with Crippen LogP contribution < -0.4 is 5.73 Å². The highest BCUT2D eigenvalue weighted by Crippen LogP contribution is 2.21. The Morgan fingerprint density at radius 1 is 1.33 bits per heavy atom. The number of rotatable bonds is 3. The minimum Gasteiger partial charge on any atom is -0.397 e. The van der Waals surface area contributed by atoms with Gasteiger partial charge in [-0.15, -0.1) is 0 Å². The third-order valence-electron chi connectivity index (χ3n) is 2.95. The van der Waals surface area contributed by atoms with Gasteiger partial charge >= 0.3 is 0 Å². The molecule has 0 radical (unpaired) electrons. The van der Waals surface area contributed by atoms with Crippen molar-refractivity contribution in [1.82, 2.24) is 4.57 Å². The molecule has 0 unspecified atom stereocenters. The Hall–Kier alpha value is -1.92. The highest BCUT2D eigenvalue weighted by Gasteiger charge is 2.11. The first-order chi connectivity index (χ1) is 8.65. The van der Waals surface area contributed by atoms with Crippen molar-refractivity contribution < 1.29 is 0 Å². The predicted octanol–water partition coefficient (Wildman–Crippen LogP) is 3.21. The molecular weight excluding hydrogens is 246 g/mol. The zero-order valence-corrected chi connectivity index (χ0v) is 10.9. The van der Waals surface area contributed by atoms with E-state index in [1.54, 1.807) is 6.07 Å². The van der Waals surface area contributed by atoms with Crippen LogP contribution >= 0.6 is 11.6 Å². The molecule has 4 heteroatoms. The Labute approximate surface area is 111 Å². The summed E-state index contributed by atoms with van der Waals surface area (Å²) < 4.78 is 1.96. The maximum absolute atomic E-state index is 9.13. The summed E-state index contributed by atoms with van der Waals surface area (Å²) in [4.78, 5) is 0. The molecule has 0 aliphatic carbocycles. The lowest BCUT2D eigenvalue weighted by Gasteiger charge is -2.10. The van der Waals surface area contributed by atoms with E-state index in [4.69, 9.17) is 22.6 Å². The molecule has 0 saturated carbocycles. The smallest absolute Gasteiger partial charge is 0.122 e. The number of benzene rings is 1. The normalized spacial score (nSPS) is 10.3. The Morgan fingerprint density at radius 3 is 2.56 bits per heavy atom. The Bertz CT molecular complexity index is 591.